The molecule has 0 saturated carbocycles. The maximum absolute atomic E-state index is 12.0. The molecule has 3 heterocycles. The molecule has 0 bridgehead atoms. The molecule has 21 heteroatoms. The molecule has 0 aliphatic heterocycles. The molecule has 0 amide bonds. The fourth-order valence-electron chi connectivity index (χ4n) is 3.11. The number of nitriles is 3. The van der Waals surface area contributed by atoms with Crippen LogP contribution in [0.15, 0.2) is 63.3 Å². The second-order valence-electron chi connectivity index (χ2n) is 9.38. The lowest BCUT2D eigenvalue weighted by atomic mass is 10.2. The van der Waals surface area contributed by atoms with Crippen molar-refractivity contribution >= 4 is 112 Å². The molecule has 47 heavy (non-hydrogen) atoms. The molecule has 0 radical (unpaired) electrons. The number of rotatable bonds is 6. The third-order valence-electron chi connectivity index (χ3n) is 5.85. The van der Waals surface area contributed by atoms with E-state index in [1.54, 1.807) is 50.6 Å². The zero-order valence-corrected chi connectivity index (χ0v) is 34.5. The molecular weight excluding hydrogens is 929 g/mol. The molecule has 252 valence electrons. The van der Waals surface area contributed by atoms with E-state index < -0.39 is 29.2 Å². The molecule has 3 aromatic heterocycles. The van der Waals surface area contributed by atoms with Crippen molar-refractivity contribution in [3.63, 3.8) is 0 Å². The van der Waals surface area contributed by atoms with Crippen LogP contribution in [0.25, 0.3) is 0 Å². The SMILES string of the molecule is CC(c1cnc(Cl)c(Br)c1)S(C)(=O)=NC#N.CC(c1cnc(Cl)c(Br)c1)S(C)(=O)=NC#N.CS(=O)(Cc1cnc(Cl)c(Br)c1)=NC#N. The Hall–Kier alpha value is -1.92. The van der Waals surface area contributed by atoms with Gasteiger partial charge in [-0.1, -0.05) is 34.8 Å². The minimum atomic E-state index is -2.58. The molecule has 0 fully saturated rings. The summed E-state index contributed by atoms with van der Waals surface area (Å²) in [5.74, 6) is 0.184. The van der Waals surface area contributed by atoms with Crippen molar-refractivity contribution in [1.82, 2.24) is 15.0 Å². The molecule has 0 aliphatic rings. The summed E-state index contributed by atoms with van der Waals surface area (Å²) in [6.07, 6.45) is 13.6. The summed E-state index contributed by atoms with van der Waals surface area (Å²) < 4.78 is 47.9. The molecule has 0 spiro atoms. The van der Waals surface area contributed by atoms with E-state index in [9.17, 15) is 12.6 Å². The van der Waals surface area contributed by atoms with E-state index in [0.717, 1.165) is 16.7 Å². The van der Waals surface area contributed by atoms with E-state index in [2.05, 4.69) is 75.8 Å². The van der Waals surface area contributed by atoms with Gasteiger partial charge >= 0.3 is 0 Å². The summed E-state index contributed by atoms with van der Waals surface area (Å²) in [4.78, 5) is 11.8. The first kappa shape index (κ1) is 43.1. The number of halogens is 6. The third kappa shape index (κ3) is 14.2. The Labute approximate surface area is 315 Å². The van der Waals surface area contributed by atoms with E-state index in [1.165, 1.54) is 37.4 Å². The molecule has 5 unspecified atom stereocenters. The van der Waals surface area contributed by atoms with Crippen LogP contribution in [0.1, 0.15) is 41.0 Å². The second-order valence-corrected chi connectivity index (χ2v) is 20.6. The highest BCUT2D eigenvalue weighted by Gasteiger charge is 2.18. The molecule has 0 aliphatic carbocycles. The van der Waals surface area contributed by atoms with Crippen LogP contribution in [0, 0.1) is 34.4 Å². The maximum atomic E-state index is 12.0. The smallest absolute Gasteiger partial charge is 0.214 e. The van der Waals surface area contributed by atoms with Crippen LogP contribution in [-0.4, -0.2) is 46.3 Å². The van der Waals surface area contributed by atoms with Crippen molar-refractivity contribution in [1.29, 1.82) is 15.8 Å². The first-order valence-corrected chi connectivity index (χ1v) is 22.0. The topological polar surface area (TPSA) is 198 Å². The zero-order valence-electron chi connectivity index (χ0n) is 25.1. The van der Waals surface area contributed by atoms with Crippen LogP contribution in [-0.2, 0) is 34.9 Å². The Kier molecular flexibility index (Phi) is 17.7. The first-order valence-electron chi connectivity index (χ1n) is 12.4. The van der Waals surface area contributed by atoms with Gasteiger partial charge in [-0.05, 0) is 96.5 Å². The number of nitrogens with zero attached hydrogens (tertiary/aromatic N) is 9. The highest BCUT2D eigenvalue weighted by molar-refractivity contribution is 9.11. The van der Waals surface area contributed by atoms with Gasteiger partial charge in [-0.15, -0.1) is 13.1 Å². The number of pyridine rings is 3. The van der Waals surface area contributed by atoms with E-state index in [0.29, 0.717) is 28.9 Å². The lowest BCUT2D eigenvalue weighted by Crippen LogP contribution is -2.08. The molecule has 0 N–H and O–H groups in total. The molecule has 3 aromatic rings. The molecule has 3 rings (SSSR count). The van der Waals surface area contributed by atoms with Crippen LogP contribution in [0.2, 0.25) is 15.5 Å². The maximum Gasteiger partial charge on any atom is 0.214 e. The lowest BCUT2D eigenvalue weighted by molar-refractivity contribution is 0.672. The predicted octanol–water partition coefficient (Wildman–Crippen LogP) is 8.85. The molecule has 12 nitrogen and oxygen atoms in total. The number of aromatic nitrogens is 3. The van der Waals surface area contributed by atoms with Gasteiger partial charge in [0.1, 0.15) is 15.5 Å². The van der Waals surface area contributed by atoms with Crippen molar-refractivity contribution in [2.75, 3.05) is 18.8 Å². The summed E-state index contributed by atoms with van der Waals surface area (Å²) in [7, 11) is -7.67. The van der Waals surface area contributed by atoms with Gasteiger partial charge in [0.25, 0.3) is 0 Å². The van der Waals surface area contributed by atoms with E-state index in [4.69, 9.17) is 50.6 Å². The van der Waals surface area contributed by atoms with Crippen LogP contribution >= 0.6 is 82.6 Å². The van der Waals surface area contributed by atoms with Gasteiger partial charge in [-0.3, -0.25) is 0 Å². The summed E-state index contributed by atoms with van der Waals surface area (Å²) in [6.45, 7) is 3.47. The fourth-order valence-corrected chi connectivity index (χ4v) is 7.47. The van der Waals surface area contributed by atoms with Crippen LogP contribution in [0.3, 0.4) is 0 Å². The number of hydrogen-bond donors (Lipinski definition) is 0. The van der Waals surface area contributed by atoms with E-state index in [1.807, 2.05) is 0 Å². The Morgan fingerprint density at radius 2 is 1.02 bits per heavy atom. The third-order valence-corrected chi connectivity index (χ3v) is 14.6. The van der Waals surface area contributed by atoms with Gasteiger partial charge in [-0.2, -0.15) is 15.8 Å². The van der Waals surface area contributed by atoms with Crippen molar-refractivity contribution in [3.8, 4) is 18.6 Å². The lowest BCUT2D eigenvalue weighted by Gasteiger charge is -2.12. The first-order chi connectivity index (χ1) is 21.7. The average Bonchev–Trinajstić information content (AvgIpc) is 2.97. The predicted molar refractivity (Wildman–Crippen MR) is 198 cm³/mol. The van der Waals surface area contributed by atoms with Crippen molar-refractivity contribution in [2.45, 2.75) is 30.1 Å². The highest BCUT2D eigenvalue weighted by Crippen LogP contribution is 2.29. The van der Waals surface area contributed by atoms with Gasteiger partial charge in [0.15, 0.2) is 0 Å². The minimum Gasteiger partial charge on any atom is -0.249 e. The normalized spacial score (nSPS) is 15.3. The zero-order chi connectivity index (χ0) is 36.2. The largest absolute Gasteiger partial charge is 0.249 e. The van der Waals surface area contributed by atoms with Gasteiger partial charge in [0, 0.05) is 37.4 Å². The van der Waals surface area contributed by atoms with E-state index >= 15 is 0 Å². The van der Waals surface area contributed by atoms with Crippen molar-refractivity contribution < 1.29 is 12.6 Å². The molecule has 5 atom stereocenters. The fraction of sp³-hybridized carbons (Fsp3) is 0.308. The van der Waals surface area contributed by atoms with Gasteiger partial charge < -0.3 is 0 Å². The van der Waals surface area contributed by atoms with Gasteiger partial charge in [0.05, 0.1) is 58.9 Å². The Morgan fingerprint density at radius 3 is 1.34 bits per heavy atom. The van der Waals surface area contributed by atoms with Crippen molar-refractivity contribution in [2.24, 2.45) is 13.1 Å². The summed E-state index contributed by atoms with van der Waals surface area (Å²) in [5, 5.41) is 25.5. The molecule has 0 saturated heterocycles. The second kappa shape index (κ2) is 19.3. The van der Waals surface area contributed by atoms with Crippen LogP contribution in [0.5, 0.6) is 0 Å². The Bertz CT molecular complexity index is 2030. The van der Waals surface area contributed by atoms with Crippen molar-refractivity contribution in [3.05, 3.63) is 82.4 Å². The average molecular weight is 954 g/mol. The molecule has 0 aromatic carbocycles. The highest BCUT2D eigenvalue weighted by atomic mass is 79.9. The quantitative estimate of drug-likeness (QED) is 0.171. The summed E-state index contributed by atoms with van der Waals surface area (Å²) >= 11 is 26.9. The van der Waals surface area contributed by atoms with Gasteiger partial charge in [0.2, 0.25) is 18.6 Å². The standard InChI is InChI=1S/2C9H9BrClN3OS.C8H7BrClN3OS/c2*1-6(16(2,15)14-5-12)7-3-8(10)9(11)13-4-7;1-15(14,13-5-11)4-6-2-7(9)8(10)12-3-6/h2*3-4,6H,1-2H3;2-3H,4H2,1H3. The van der Waals surface area contributed by atoms with E-state index in [-0.39, 0.29) is 16.3 Å². The summed E-state index contributed by atoms with van der Waals surface area (Å²) in [5.41, 5.74) is 2.17. The Balaban J connectivity index is 0.000000353. The summed E-state index contributed by atoms with van der Waals surface area (Å²) in [6, 6.07) is 5.18. The van der Waals surface area contributed by atoms with Crippen LogP contribution in [0.4, 0.5) is 0 Å². The Morgan fingerprint density at radius 1 is 0.681 bits per heavy atom. The van der Waals surface area contributed by atoms with Crippen LogP contribution < -0.4 is 0 Å². The minimum absolute atomic E-state index is 0.184. The monoisotopic (exact) mass is 949 g/mol. The van der Waals surface area contributed by atoms with Gasteiger partial charge in [-0.25, -0.2) is 27.6 Å². The number of hydrogen-bond acceptors (Lipinski definition) is 12. The molecular formula is C26H25Br3Cl3N9O3S3.